The molecule has 0 aliphatic carbocycles. The number of benzene rings is 2. The lowest BCUT2D eigenvalue weighted by Crippen LogP contribution is -2.18. The fourth-order valence-corrected chi connectivity index (χ4v) is 3.91. The minimum absolute atomic E-state index is 0.0520. The lowest BCUT2D eigenvalue weighted by Gasteiger charge is -2.19. The van der Waals surface area contributed by atoms with Crippen LogP contribution in [0.25, 0.3) is 10.9 Å². The minimum atomic E-state index is -0.549. The largest absolute Gasteiger partial charge is 0.486 e. The van der Waals surface area contributed by atoms with E-state index in [1.807, 2.05) is 19.0 Å². The van der Waals surface area contributed by atoms with Crippen LogP contribution in [0.1, 0.15) is 12.0 Å². The topological polar surface area (TPSA) is 99.5 Å². The lowest BCUT2D eigenvalue weighted by molar-refractivity contribution is -0.111. The summed E-state index contributed by atoms with van der Waals surface area (Å²) in [5.74, 6) is -0.449. The van der Waals surface area contributed by atoms with Gasteiger partial charge < -0.3 is 25.0 Å². The number of rotatable bonds is 8. The Morgan fingerprint density at radius 3 is 2.89 bits per heavy atom. The second-order valence-electron chi connectivity index (χ2n) is 8.50. The Hall–Kier alpha value is -3.71. The molecule has 1 unspecified atom stereocenters. The zero-order valence-electron chi connectivity index (χ0n) is 19.8. The number of nitrogens with zero attached hydrogens (tertiary/aromatic N) is 3. The monoisotopic (exact) mass is 509 g/mol. The summed E-state index contributed by atoms with van der Waals surface area (Å²) in [6.45, 7) is 1.65. The van der Waals surface area contributed by atoms with Gasteiger partial charge in [-0.25, -0.2) is 4.39 Å². The van der Waals surface area contributed by atoms with E-state index in [9.17, 15) is 14.4 Å². The average Bonchev–Trinajstić information content (AvgIpc) is 3.36. The van der Waals surface area contributed by atoms with Gasteiger partial charge >= 0.3 is 0 Å². The lowest BCUT2D eigenvalue weighted by atomic mass is 10.1. The molecule has 1 atom stereocenters. The number of nitrogens with one attached hydrogen (secondary N) is 2. The molecule has 1 aliphatic heterocycles. The molecular weight excluding hydrogens is 485 g/mol. The van der Waals surface area contributed by atoms with Gasteiger partial charge in [0, 0.05) is 36.3 Å². The van der Waals surface area contributed by atoms with Crippen molar-refractivity contribution in [3.05, 3.63) is 65.1 Å². The molecule has 2 N–H and O–H groups in total. The standard InChI is InChI=1S/C26H25ClFN5O3/c1-33(2)10-3-4-23(34)32-26-22(36-18-9-11-35-15-18)8-6-19-24(16(13-29)14-30-25(19)26)31-17-5-7-21(28)20(27)12-17/h3-8,12,14,18H,9-11,15H2,1-2H3,(H,30,31)(H,32,34)/b4-3+. The summed E-state index contributed by atoms with van der Waals surface area (Å²) in [5.41, 5.74) is 2.01. The molecule has 10 heteroatoms. The number of anilines is 3. The molecule has 2 heterocycles. The maximum Gasteiger partial charge on any atom is 0.248 e. The number of ether oxygens (including phenoxy) is 2. The SMILES string of the molecule is CN(C)C/C=C/C(=O)Nc1c(OC2CCOC2)ccc2c(Nc3ccc(F)c(Cl)c3)c(C#N)cnc12. The van der Waals surface area contributed by atoms with Gasteiger partial charge in [-0.05, 0) is 44.4 Å². The summed E-state index contributed by atoms with van der Waals surface area (Å²) >= 11 is 5.94. The molecule has 1 saturated heterocycles. The van der Waals surface area contributed by atoms with Gasteiger partial charge in [0.25, 0.3) is 0 Å². The predicted octanol–water partition coefficient (Wildman–Crippen LogP) is 4.87. The summed E-state index contributed by atoms with van der Waals surface area (Å²) < 4.78 is 25.2. The molecule has 8 nitrogen and oxygen atoms in total. The van der Waals surface area contributed by atoms with E-state index >= 15 is 0 Å². The molecular formula is C26H25ClFN5O3. The van der Waals surface area contributed by atoms with Crippen molar-refractivity contribution in [2.24, 2.45) is 0 Å². The number of pyridine rings is 1. The van der Waals surface area contributed by atoms with Crippen LogP contribution >= 0.6 is 11.6 Å². The molecule has 1 aromatic heterocycles. The summed E-state index contributed by atoms with van der Waals surface area (Å²) in [5, 5.41) is 16.3. The summed E-state index contributed by atoms with van der Waals surface area (Å²) in [6, 6.07) is 9.80. The Labute approximate surface area is 213 Å². The number of amides is 1. The van der Waals surface area contributed by atoms with Crippen LogP contribution in [0.3, 0.4) is 0 Å². The highest BCUT2D eigenvalue weighted by Crippen LogP contribution is 2.39. The zero-order chi connectivity index (χ0) is 25.7. The van der Waals surface area contributed by atoms with Crippen LogP contribution in [0.4, 0.5) is 21.5 Å². The fraction of sp³-hybridized carbons (Fsp3) is 0.269. The number of halogens is 2. The van der Waals surface area contributed by atoms with Crippen LogP contribution in [0.5, 0.6) is 5.75 Å². The molecule has 1 fully saturated rings. The number of hydrogen-bond acceptors (Lipinski definition) is 7. The maximum atomic E-state index is 13.7. The van der Waals surface area contributed by atoms with Crippen molar-refractivity contribution in [3.8, 4) is 11.8 Å². The van der Waals surface area contributed by atoms with Crippen LogP contribution in [0.2, 0.25) is 5.02 Å². The smallest absolute Gasteiger partial charge is 0.248 e. The number of carbonyl (C=O) groups is 1. The van der Waals surface area contributed by atoms with E-state index < -0.39 is 5.82 Å². The van der Waals surface area contributed by atoms with E-state index in [-0.39, 0.29) is 22.6 Å². The van der Waals surface area contributed by atoms with E-state index in [2.05, 4.69) is 21.7 Å². The maximum absolute atomic E-state index is 13.7. The van der Waals surface area contributed by atoms with E-state index in [0.717, 1.165) is 6.42 Å². The van der Waals surface area contributed by atoms with Crippen molar-refractivity contribution >= 4 is 45.5 Å². The first kappa shape index (κ1) is 25.4. The van der Waals surface area contributed by atoms with Crippen molar-refractivity contribution < 1.29 is 18.7 Å². The summed E-state index contributed by atoms with van der Waals surface area (Å²) in [6.07, 6.45) is 5.19. The second kappa shape index (κ2) is 11.4. The Bertz CT molecular complexity index is 1350. The normalized spacial score (nSPS) is 15.4. The van der Waals surface area contributed by atoms with E-state index in [4.69, 9.17) is 21.1 Å². The van der Waals surface area contributed by atoms with E-state index in [1.54, 1.807) is 18.2 Å². The van der Waals surface area contributed by atoms with Crippen LogP contribution in [0, 0.1) is 17.1 Å². The molecule has 4 rings (SSSR count). The number of likely N-dealkylation sites (N-methyl/N-ethyl adjacent to an activating group) is 1. The average molecular weight is 510 g/mol. The molecule has 1 aliphatic rings. The van der Waals surface area contributed by atoms with Gasteiger partial charge in [0.1, 0.15) is 29.4 Å². The van der Waals surface area contributed by atoms with Crippen molar-refractivity contribution in [2.45, 2.75) is 12.5 Å². The first-order valence-corrected chi connectivity index (χ1v) is 11.7. The van der Waals surface area contributed by atoms with Crippen molar-refractivity contribution in [2.75, 3.05) is 44.5 Å². The quantitative estimate of drug-likeness (QED) is 0.418. The Morgan fingerprint density at radius 1 is 1.36 bits per heavy atom. The minimum Gasteiger partial charge on any atom is -0.486 e. The molecule has 3 aromatic rings. The molecule has 0 bridgehead atoms. The fourth-order valence-electron chi connectivity index (χ4n) is 3.72. The van der Waals surface area contributed by atoms with Crippen LogP contribution in [-0.4, -0.2) is 55.7 Å². The third-order valence-corrected chi connectivity index (χ3v) is 5.77. The number of aromatic nitrogens is 1. The first-order chi connectivity index (χ1) is 17.4. The molecule has 0 radical (unpaired) electrons. The van der Waals surface area contributed by atoms with Gasteiger partial charge in [0.05, 0.1) is 35.0 Å². The zero-order valence-corrected chi connectivity index (χ0v) is 20.6. The predicted molar refractivity (Wildman–Crippen MR) is 137 cm³/mol. The van der Waals surface area contributed by atoms with Crippen molar-refractivity contribution in [1.82, 2.24) is 9.88 Å². The van der Waals surface area contributed by atoms with Crippen LogP contribution in [-0.2, 0) is 9.53 Å². The van der Waals surface area contributed by atoms with Crippen LogP contribution < -0.4 is 15.4 Å². The Kier molecular flexibility index (Phi) is 8.00. The Balaban J connectivity index is 1.78. The number of nitriles is 1. The van der Waals surface area contributed by atoms with Gasteiger partial charge in [0.2, 0.25) is 5.91 Å². The van der Waals surface area contributed by atoms with Gasteiger partial charge in [-0.2, -0.15) is 5.26 Å². The molecule has 2 aromatic carbocycles. The second-order valence-corrected chi connectivity index (χ2v) is 8.91. The molecule has 1 amide bonds. The number of carbonyl (C=O) groups excluding carboxylic acids is 1. The molecule has 186 valence electrons. The van der Waals surface area contributed by atoms with E-state index in [1.165, 1.54) is 30.5 Å². The van der Waals surface area contributed by atoms with Crippen molar-refractivity contribution in [1.29, 1.82) is 5.26 Å². The Morgan fingerprint density at radius 2 is 2.19 bits per heavy atom. The van der Waals surface area contributed by atoms with Gasteiger partial charge in [-0.3, -0.25) is 9.78 Å². The molecule has 0 spiro atoms. The molecule has 0 saturated carbocycles. The van der Waals surface area contributed by atoms with Crippen LogP contribution in [0.15, 0.2) is 48.7 Å². The van der Waals surface area contributed by atoms with Gasteiger partial charge in [-0.15, -0.1) is 0 Å². The summed E-state index contributed by atoms with van der Waals surface area (Å²) in [7, 11) is 3.81. The van der Waals surface area contributed by atoms with Gasteiger partial charge in [-0.1, -0.05) is 17.7 Å². The highest BCUT2D eigenvalue weighted by Gasteiger charge is 2.22. The van der Waals surface area contributed by atoms with Crippen molar-refractivity contribution in [3.63, 3.8) is 0 Å². The third-order valence-electron chi connectivity index (χ3n) is 5.48. The van der Waals surface area contributed by atoms with Gasteiger partial charge in [0.15, 0.2) is 0 Å². The highest BCUT2D eigenvalue weighted by atomic mass is 35.5. The first-order valence-electron chi connectivity index (χ1n) is 11.3. The summed E-state index contributed by atoms with van der Waals surface area (Å²) in [4.78, 5) is 19.2. The molecule has 36 heavy (non-hydrogen) atoms. The highest BCUT2D eigenvalue weighted by molar-refractivity contribution is 6.31. The number of hydrogen-bond donors (Lipinski definition) is 2. The number of fused-ring (bicyclic) bond motifs is 1. The van der Waals surface area contributed by atoms with E-state index in [0.29, 0.717) is 53.5 Å². The third kappa shape index (κ3) is 5.91.